The third kappa shape index (κ3) is 2.21. The average Bonchev–Trinajstić information content (AvgIpc) is 2.36. The van der Waals surface area contributed by atoms with E-state index < -0.39 is 17.2 Å². The van der Waals surface area contributed by atoms with Gasteiger partial charge in [0.2, 0.25) is 0 Å². The minimum atomic E-state index is -1.08. The van der Waals surface area contributed by atoms with E-state index in [0.717, 1.165) is 16.8 Å². The minimum Gasteiger partial charge on any atom is -0.492 e. The zero-order valence-electron chi connectivity index (χ0n) is 10.5. The fourth-order valence-corrected chi connectivity index (χ4v) is 1.79. The topological polar surface area (TPSA) is 44.1 Å². The second kappa shape index (κ2) is 4.79. The molecular formula is C13H12F2N2O2. The van der Waals surface area contributed by atoms with E-state index in [0.29, 0.717) is 6.61 Å². The van der Waals surface area contributed by atoms with Crippen molar-refractivity contribution >= 4 is 16.5 Å². The van der Waals surface area contributed by atoms with Crippen molar-refractivity contribution in [3.8, 4) is 0 Å². The molecule has 6 heteroatoms. The maximum atomic E-state index is 13.3. The summed E-state index contributed by atoms with van der Waals surface area (Å²) in [5.74, 6) is -1.93. The first-order chi connectivity index (χ1) is 8.95. The molecule has 0 spiro atoms. The Morgan fingerprint density at radius 3 is 2.53 bits per heavy atom. The summed E-state index contributed by atoms with van der Waals surface area (Å²) in [5.41, 5.74) is -0.292. The van der Waals surface area contributed by atoms with Gasteiger partial charge in [0.25, 0.3) is 5.56 Å². The number of halogens is 2. The molecule has 1 heterocycles. The minimum absolute atomic E-state index is 0.0345. The maximum absolute atomic E-state index is 13.3. The third-order valence-electron chi connectivity index (χ3n) is 2.67. The average molecular weight is 266 g/mol. The van der Waals surface area contributed by atoms with Crippen LogP contribution in [0.3, 0.4) is 0 Å². The summed E-state index contributed by atoms with van der Waals surface area (Å²) in [6.07, 6.45) is 0. The van der Waals surface area contributed by atoms with Gasteiger partial charge in [-0.15, -0.1) is 0 Å². The van der Waals surface area contributed by atoms with E-state index in [1.54, 1.807) is 6.92 Å². The molecule has 0 fully saturated rings. The Hall–Kier alpha value is -2.24. The number of fused-ring (bicyclic) bond motifs is 1. The Morgan fingerprint density at radius 1 is 1.37 bits per heavy atom. The molecule has 0 aliphatic rings. The van der Waals surface area contributed by atoms with Gasteiger partial charge in [-0.3, -0.25) is 4.79 Å². The van der Waals surface area contributed by atoms with Crippen molar-refractivity contribution in [3.63, 3.8) is 0 Å². The van der Waals surface area contributed by atoms with Crippen molar-refractivity contribution < 1.29 is 13.5 Å². The molecule has 0 N–H and O–H groups in total. The van der Waals surface area contributed by atoms with Crippen LogP contribution in [0.25, 0.3) is 16.5 Å². The summed E-state index contributed by atoms with van der Waals surface area (Å²) in [6, 6.07) is 1.79. The highest BCUT2D eigenvalue weighted by Crippen LogP contribution is 2.23. The number of ether oxygens (including phenoxy) is 1. The predicted octanol–water partition coefficient (Wildman–Crippen LogP) is 2.22. The molecule has 0 radical (unpaired) electrons. The summed E-state index contributed by atoms with van der Waals surface area (Å²) in [5, 5.41) is 4.20. The highest BCUT2D eigenvalue weighted by molar-refractivity contribution is 5.89. The van der Waals surface area contributed by atoms with Crippen molar-refractivity contribution in [1.82, 2.24) is 9.78 Å². The SMILES string of the molecule is C=C(OCC)c1nn(C)c(=O)c2cc(F)c(F)cc12. The van der Waals surface area contributed by atoms with Crippen LogP contribution >= 0.6 is 0 Å². The van der Waals surface area contributed by atoms with Gasteiger partial charge in [-0.1, -0.05) is 6.58 Å². The van der Waals surface area contributed by atoms with E-state index >= 15 is 0 Å². The largest absolute Gasteiger partial charge is 0.492 e. The molecule has 0 aliphatic carbocycles. The summed E-state index contributed by atoms with van der Waals surface area (Å²) in [4.78, 5) is 11.9. The molecule has 0 bridgehead atoms. The molecule has 0 saturated carbocycles. The van der Waals surface area contributed by atoms with Crippen molar-refractivity contribution in [3.05, 3.63) is 46.4 Å². The van der Waals surface area contributed by atoms with Crippen LogP contribution in [0.1, 0.15) is 12.6 Å². The summed E-state index contributed by atoms with van der Waals surface area (Å²) < 4.78 is 32.8. The molecule has 0 saturated heterocycles. The van der Waals surface area contributed by atoms with Crippen LogP contribution in [0.4, 0.5) is 8.78 Å². The molecule has 100 valence electrons. The molecule has 0 aliphatic heterocycles. The monoisotopic (exact) mass is 266 g/mol. The number of aryl methyl sites for hydroxylation is 1. The number of aromatic nitrogens is 2. The number of hydrogen-bond donors (Lipinski definition) is 0. The molecule has 4 nitrogen and oxygen atoms in total. The first kappa shape index (κ1) is 13.2. The van der Waals surface area contributed by atoms with Crippen LogP contribution < -0.4 is 5.56 Å². The third-order valence-corrected chi connectivity index (χ3v) is 2.67. The van der Waals surface area contributed by atoms with Crippen molar-refractivity contribution in [1.29, 1.82) is 0 Å². The number of hydrogen-bond acceptors (Lipinski definition) is 3. The van der Waals surface area contributed by atoms with Gasteiger partial charge in [0.1, 0.15) is 11.5 Å². The van der Waals surface area contributed by atoms with Crippen LogP contribution in [0.5, 0.6) is 0 Å². The zero-order chi connectivity index (χ0) is 14.2. The van der Waals surface area contributed by atoms with Crippen LogP contribution in [0, 0.1) is 11.6 Å². The second-order valence-electron chi connectivity index (χ2n) is 3.95. The Bertz CT molecular complexity index is 723. The van der Waals surface area contributed by atoms with E-state index in [4.69, 9.17) is 4.74 Å². The normalized spacial score (nSPS) is 10.7. The maximum Gasteiger partial charge on any atom is 0.274 e. The predicted molar refractivity (Wildman–Crippen MR) is 67.6 cm³/mol. The summed E-state index contributed by atoms with van der Waals surface area (Å²) in [7, 11) is 1.42. The van der Waals surface area contributed by atoms with Gasteiger partial charge in [0.05, 0.1) is 12.0 Å². The molecule has 1 aromatic carbocycles. The molecule has 2 rings (SSSR count). The quantitative estimate of drug-likeness (QED) is 0.800. The Kier molecular flexibility index (Phi) is 3.33. The summed E-state index contributed by atoms with van der Waals surface area (Å²) >= 11 is 0. The van der Waals surface area contributed by atoms with Crippen molar-refractivity contribution in [2.24, 2.45) is 7.05 Å². The number of rotatable bonds is 3. The lowest BCUT2D eigenvalue weighted by atomic mass is 10.1. The van der Waals surface area contributed by atoms with E-state index in [-0.39, 0.29) is 22.2 Å². The van der Waals surface area contributed by atoms with Gasteiger partial charge in [-0.25, -0.2) is 13.5 Å². The standard InChI is InChI=1S/C13H12F2N2O2/c1-4-19-7(2)12-8-5-10(14)11(15)6-9(8)13(18)17(3)16-12/h5-6H,2,4H2,1,3H3. The van der Waals surface area contributed by atoms with Gasteiger partial charge in [-0.05, 0) is 19.1 Å². The fourth-order valence-electron chi connectivity index (χ4n) is 1.79. The second-order valence-corrected chi connectivity index (χ2v) is 3.95. The van der Waals surface area contributed by atoms with Crippen LogP contribution in [-0.4, -0.2) is 16.4 Å². The summed E-state index contributed by atoms with van der Waals surface area (Å²) in [6.45, 7) is 5.79. The van der Waals surface area contributed by atoms with Gasteiger partial charge in [-0.2, -0.15) is 5.10 Å². The fraction of sp³-hybridized carbons (Fsp3) is 0.231. The number of benzene rings is 1. The van der Waals surface area contributed by atoms with E-state index in [9.17, 15) is 13.6 Å². The Labute approximate surface area is 107 Å². The zero-order valence-corrected chi connectivity index (χ0v) is 10.5. The number of nitrogens with zero attached hydrogens (tertiary/aromatic N) is 2. The van der Waals surface area contributed by atoms with Gasteiger partial charge >= 0.3 is 0 Å². The molecule has 2 aromatic rings. The Morgan fingerprint density at radius 2 is 1.95 bits per heavy atom. The molecular weight excluding hydrogens is 254 g/mol. The lowest BCUT2D eigenvalue weighted by molar-refractivity contribution is 0.297. The lowest BCUT2D eigenvalue weighted by Gasteiger charge is -2.11. The molecule has 19 heavy (non-hydrogen) atoms. The molecule has 1 aromatic heterocycles. The highest BCUT2D eigenvalue weighted by atomic mass is 19.2. The molecule has 0 unspecified atom stereocenters. The lowest BCUT2D eigenvalue weighted by Crippen LogP contribution is -2.22. The van der Waals surface area contributed by atoms with Crippen LogP contribution in [0.15, 0.2) is 23.5 Å². The first-order valence-corrected chi connectivity index (χ1v) is 5.63. The van der Waals surface area contributed by atoms with Crippen molar-refractivity contribution in [2.75, 3.05) is 6.61 Å². The van der Waals surface area contributed by atoms with Crippen molar-refractivity contribution in [2.45, 2.75) is 6.92 Å². The van der Waals surface area contributed by atoms with E-state index in [1.807, 2.05) is 0 Å². The first-order valence-electron chi connectivity index (χ1n) is 5.63. The van der Waals surface area contributed by atoms with Gasteiger partial charge in [0, 0.05) is 12.4 Å². The van der Waals surface area contributed by atoms with Gasteiger partial charge < -0.3 is 4.74 Å². The van der Waals surface area contributed by atoms with E-state index in [2.05, 4.69) is 11.7 Å². The highest BCUT2D eigenvalue weighted by Gasteiger charge is 2.15. The molecule has 0 amide bonds. The smallest absolute Gasteiger partial charge is 0.274 e. The van der Waals surface area contributed by atoms with E-state index in [1.165, 1.54) is 7.05 Å². The van der Waals surface area contributed by atoms with Gasteiger partial charge in [0.15, 0.2) is 11.6 Å². The van der Waals surface area contributed by atoms with Crippen LogP contribution in [-0.2, 0) is 11.8 Å². The molecule has 0 atom stereocenters. The Balaban J connectivity index is 2.85. The van der Waals surface area contributed by atoms with Crippen LogP contribution in [0.2, 0.25) is 0 Å².